The molecule has 2 aromatic carbocycles. The van der Waals surface area contributed by atoms with Crippen LogP contribution in [0.15, 0.2) is 53.6 Å². The van der Waals surface area contributed by atoms with E-state index in [9.17, 15) is 19.7 Å². The highest BCUT2D eigenvalue weighted by atomic mass is 35.5. The normalized spacial score (nSPS) is 10.5. The third-order valence-corrected chi connectivity index (χ3v) is 3.61. The molecule has 2 amide bonds. The van der Waals surface area contributed by atoms with Gasteiger partial charge in [-0.2, -0.15) is 5.10 Å². The molecule has 0 saturated heterocycles. The molecule has 0 saturated carbocycles. The monoisotopic (exact) mass is 374 g/mol. The number of halogens is 1. The molecular weight excluding hydrogens is 360 g/mol. The lowest BCUT2D eigenvalue weighted by Crippen LogP contribution is -2.29. The molecule has 26 heavy (non-hydrogen) atoms. The third-order valence-electron chi connectivity index (χ3n) is 3.28. The van der Waals surface area contributed by atoms with Crippen molar-refractivity contribution < 1.29 is 14.5 Å². The molecular formula is C17H15ClN4O4. The number of hydrogen-bond donors (Lipinski definition) is 2. The van der Waals surface area contributed by atoms with Gasteiger partial charge in [0.05, 0.1) is 27.3 Å². The molecule has 0 spiro atoms. The van der Waals surface area contributed by atoms with E-state index in [-0.39, 0.29) is 30.1 Å². The summed E-state index contributed by atoms with van der Waals surface area (Å²) < 4.78 is 0. The minimum absolute atomic E-state index is 0.00951. The van der Waals surface area contributed by atoms with Crippen LogP contribution in [0.25, 0.3) is 0 Å². The van der Waals surface area contributed by atoms with Crippen molar-refractivity contribution in [3.05, 3.63) is 74.8 Å². The van der Waals surface area contributed by atoms with Crippen LogP contribution in [0.5, 0.6) is 0 Å². The van der Waals surface area contributed by atoms with Crippen molar-refractivity contribution in [1.82, 2.24) is 10.7 Å². The van der Waals surface area contributed by atoms with Crippen LogP contribution in [0.1, 0.15) is 22.3 Å². The molecule has 0 bridgehead atoms. The Morgan fingerprint density at radius 2 is 1.85 bits per heavy atom. The predicted octanol–water partition coefficient (Wildman–Crippen LogP) is 2.52. The SMILES string of the molecule is O=C(CCNC(=O)c1ccccc1Cl)NN=Cc1ccccc1[N+](=O)[O-]. The predicted molar refractivity (Wildman–Crippen MR) is 97.2 cm³/mol. The number of carbonyl (C=O) groups is 2. The molecule has 0 unspecified atom stereocenters. The molecule has 0 aliphatic rings. The average molecular weight is 375 g/mol. The van der Waals surface area contributed by atoms with Crippen LogP contribution in [0.3, 0.4) is 0 Å². The van der Waals surface area contributed by atoms with E-state index < -0.39 is 10.8 Å². The third kappa shape index (κ3) is 5.38. The van der Waals surface area contributed by atoms with Crippen molar-refractivity contribution in [1.29, 1.82) is 0 Å². The van der Waals surface area contributed by atoms with Crippen LogP contribution >= 0.6 is 11.6 Å². The average Bonchev–Trinajstić information content (AvgIpc) is 2.62. The molecule has 9 heteroatoms. The van der Waals surface area contributed by atoms with E-state index in [0.717, 1.165) is 0 Å². The lowest BCUT2D eigenvalue weighted by Gasteiger charge is -2.06. The van der Waals surface area contributed by atoms with Crippen molar-refractivity contribution in [3.8, 4) is 0 Å². The Bertz CT molecular complexity index is 854. The number of para-hydroxylation sites is 1. The van der Waals surface area contributed by atoms with Crippen LogP contribution in [-0.4, -0.2) is 29.5 Å². The second-order valence-electron chi connectivity index (χ2n) is 5.09. The van der Waals surface area contributed by atoms with Gasteiger partial charge in [-0.1, -0.05) is 35.9 Å². The lowest BCUT2D eigenvalue weighted by molar-refractivity contribution is -0.385. The van der Waals surface area contributed by atoms with E-state index in [0.29, 0.717) is 10.6 Å². The maximum Gasteiger partial charge on any atom is 0.278 e. The Kier molecular flexibility index (Phi) is 6.81. The number of rotatable bonds is 7. The Morgan fingerprint density at radius 3 is 2.58 bits per heavy atom. The van der Waals surface area contributed by atoms with E-state index in [1.807, 2.05) is 0 Å². The zero-order chi connectivity index (χ0) is 18.9. The highest BCUT2D eigenvalue weighted by Gasteiger charge is 2.11. The zero-order valence-electron chi connectivity index (χ0n) is 13.5. The summed E-state index contributed by atoms with van der Waals surface area (Å²) >= 11 is 5.92. The molecule has 0 aromatic heterocycles. The summed E-state index contributed by atoms with van der Waals surface area (Å²) in [5, 5.41) is 17.5. The molecule has 8 nitrogen and oxygen atoms in total. The first-order chi connectivity index (χ1) is 12.5. The van der Waals surface area contributed by atoms with Gasteiger partial charge in [-0.25, -0.2) is 5.43 Å². The maximum absolute atomic E-state index is 11.9. The first-order valence-corrected chi connectivity index (χ1v) is 7.95. The summed E-state index contributed by atoms with van der Waals surface area (Å²) in [6.07, 6.45) is 1.18. The fraction of sp³-hybridized carbons (Fsp3) is 0.118. The van der Waals surface area contributed by atoms with E-state index in [1.165, 1.54) is 24.4 Å². The van der Waals surface area contributed by atoms with Gasteiger partial charge in [-0.3, -0.25) is 19.7 Å². The van der Waals surface area contributed by atoms with E-state index >= 15 is 0 Å². The first-order valence-electron chi connectivity index (χ1n) is 7.57. The molecule has 2 N–H and O–H groups in total. The van der Waals surface area contributed by atoms with Crippen LogP contribution < -0.4 is 10.7 Å². The number of hydrazone groups is 1. The molecule has 2 aromatic rings. The number of carbonyl (C=O) groups excluding carboxylic acids is 2. The topological polar surface area (TPSA) is 114 Å². The number of benzene rings is 2. The second kappa shape index (κ2) is 9.28. The number of nitrogens with one attached hydrogen (secondary N) is 2. The zero-order valence-corrected chi connectivity index (χ0v) is 14.3. The smallest absolute Gasteiger partial charge is 0.278 e. The fourth-order valence-corrected chi connectivity index (χ4v) is 2.24. The minimum Gasteiger partial charge on any atom is -0.351 e. The van der Waals surface area contributed by atoms with Crippen molar-refractivity contribution in [2.45, 2.75) is 6.42 Å². The first kappa shape index (κ1) is 19.1. The highest BCUT2D eigenvalue weighted by Crippen LogP contribution is 2.15. The minimum atomic E-state index is -0.534. The van der Waals surface area contributed by atoms with Crippen molar-refractivity contribution in [3.63, 3.8) is 0 Å². The van der Waals surface area contributed by atoms with E-state index in [2.05, 4.69) is 15.8 Å². The summed E-state index contributed by atoms with van der Waals surface area (Å²) in [6, 6.07) is 12.6. The van der Waals surface area contributed by atoms with Gasteiger partial charge >= 0.3 is 0 Å². The lowest BCUT2D eigenvalue weighted by atomic mass is 10.2. The molecule has 0 fully saturated rings. The Hall–Kier alpha value is -3.26. The number of nitrogens with zero attached hydrogens (tertiary/aromatic N) is 2. The van der Waals surface area contributed by atoms with Gasteiger partial charge in [-0.15, -0.1) is 0 Å². The van der Waals surface area contributed by atoms with Gasteiger partial charge in [0.2, 0.25) is 5.91 Å². The largest absolute Gasteiger partial charge is 0.351 e. The quantitative estimate of drug-likeness (QED) is 0.440. The molecule has 0 aliphatic carbocycles. The maximum atomic E-state index is 11.9. The van der Waals surface area contributed by atoms with Crippen LogP contribution in [-0.2, 0) is 4.79 Å². The number of amides is 2. The molecule has 0 radical (unpaired) electrons. The molecule has 134 valence electrons. The molecule has 2 rings (SSSR count). The van der Waals surface area contributed by atoms with Crippen LogP contribution in [0, 0.1) is 10.1 Å². The Balaban J connectivity index is 1.80. The molecule has 0 aliphatic heterocycles. The molecule has 0 heterocycles. The number of hydrogen-bond acceptors (Lipinski definition) is 5. The van der Waals surface area contributed by atoms with Gasteiger partial charge < -0.3 is 5.32 Å². The summed E-state index contributed by atoms with van der Waals surface area (Å²) in [7, 11) is 0. The second-order valence-corrected chi connectivity index (χ2v) is 5.50. The van der Waals surface area contributed by atoms with Crippen molar-refractivity contribution >= 4 is 35.3 Å². The van der Waals surface area contributed by atoms with Crippen LogP contribution in [0.2, 0.25) is 5.02 Å². The van der Waals surface area contributed by atoms with Gasteiger partial charge in [0.25, 0.3) is 11.6 Å². The van der Waals surface area contributed by atoms with E-state index in [1.54, 1.807) is 30.3 Å². The Morgan fingerprint density at radius 1 is 1.15 bits per heavy atom. The summed E-state index contributed by atoms with van der Waals surface area (Å²) in [5.41, 5.74) is 2.73. The van der Waals surface area contributed by atoms with Gasteiger partial charge in [0.1, 0.15) is 0 Å². The standard InChI is InChI=1S/C17H15ClN4O4/c18-14-7-3-2-6-13(14)17(24)19-10-9-16(23)21-20-11-12-5-1-4-8-15(12)22(25)26/h1-8,11H,9-10H2,(H,19,24)(H,21,23). The number of nitro groups is 1. The summed E-state index contributed by atoms with van der Waals surface area (Å²) in [6.45, 7) is 0.0941. The Labute approximate surface area is 154 Å². The van der Waals surface area contributed by atoms with Crippen molar-refractivity contribution in [2.24, 2.45) is 5.10 Å². The highest BCUT2D eigenvalue weighted by molar-refractivity contribution is 6.33. The molecule has 0 atom stereocenters. The van der Waals surface area contributed by atoms with Gasteiger partial charge in [-0.05, 0) is 18.2 Å². The fourth-order valence-electron chi connectivity index (χ4n) is 2.02. The number of nitro benzene ring substituents is 1. The van der Waals surface area contributed by atoms with E-state index in [4.69, 9.17) is 11.6 Å². The van der Waals surface area contributed by atoms with Crippen molar-refractivity contribution in [2.75, 3.05) is 6.54 Å². The summed E-state index contributed by atoms with van der Waals surface area (Å²) in [5.74, 6) is -0.828. The van der Waals surface area contributed by atoms with Gasteiger partial charge in [0, 0.05) is 19.0 Å². The van der Waals surface area contributed by atoms with Gasteiger partial charge in [0.15, 0.2) is 0 Å². The van der Waals surface area contributed by atoms with Crippen LogP contribution in [0.4, 0.5) is 5.69 Å². The summed E-state index contributed by atoms with van der Waals surface area (Å²) in [4.78, 5) is 34.0.